The van der Waals surface area contributed by atoms with Crippen molar-refractivity contribution in [2.75, 3.05) is 30.3 Å². The number of rotatable bonds is 5. The van der Waals surface area contributed by atoms with E-state index in [4.69, 9.17) is 10.7 Å². The van der Waals surface area contributed by atoms with Gasteiger partial charge in [-0.05, 0) is 25.0 Å². The van der Waals surface area contributed by atoms with E-state index in [0.29, 0.717) is 13.1 Å². The molecule has 0 aromatic carbocycles. The monoisotopic (exact) mass is 306 g/mol. The van der Waals surface area contributed by atoms with Gasteiger partial charge in [0, 0.05) is 19.6 Å². The van der Waals surface area contributed by atoms with Gasteiger partial charge in [-0.25, -0.2) is 14.6 Å². The number of aromatic nitrogens is 4. The maximum atomic E-state index is 5.67. The first-order chi connectivity index (χ1) is 10.3. The third kappa shape index (κ3) is 2.98. The predicted molar refractivity (Wildman–Crippen MR) is 86.8 cm³/mol. The minimum atomic E-state index is 0.566. The van der Waals surface area contributed by atoms with Crippen molar-refractivity contribution < 1.29 is 0 Å². The summed E-state index contributed by atoms with van der Waals surface area (Å²) in [4.78, 5) is 11.8. The van der Waals surface area contributed by atoms with Gasteiger partial charge in [0.1, 0.15) is 5.82 Å². The fourth-order valence-electron chi connectivity index (χ4n) is 2.75. The molecule has 1 aliphatic heterocycles. The van der Waals surface area contributed by atoms with Crippen LogP contribution in [-0.2, 0) is 6.54 Å². The lowest BCUT2D eigenvalue weighted by Crippen LogP contribution is -2.30. The second-order valence-electron chi connectivity index (χ2n) is 5.20. The number of piperidine rings is 1. The number of fused-ring (bicyclic) bond motifs is 1. The van der Waals surface area contributed by atoms with E-state index < -0.39 is 0 Å². The Balaban J connectivity index is 2.07. The summed E-state index contributed by atoms with van der Waals surface area (Å²) < 4.78 is 1.89. The van der Waals surface area contributed by atoms with Crippen molar-refractivity contribution in [1.29, 1.82) is 0 Å². The van der Waals surface area contributed by atoms with Crippen LogP contribution in [0.25, 0.3) is 11.0 Å². The largest absolute Gasteiger partial charge is 0.356 e. The van der Waals surface area contributed by atoms with Crippen LogP contribution in [0, 0.1) is 0 Å². The van der Waals surface area contributed by atoms with Gasteiger partial charge in [-0.1, -0.05) is 18.7 Å². The summed E-state index contributed by atoms with van der Waals surface area (Å²) in [6.45, 7) is 5.52. The number of hydrogen-bond donors (Lipinski definition) is 1. The Morgan fingerprint density at radius 3 is 2.76 bits per heavy atom. The Morgan fingerprint density at radius 1 is 1.24 bits per heavy atom. The lowest BCUT2D eigenvalue weighted by molar-refractivity contribution is 0.572. The van der Waals surface area contributed by atoms with E-state index in [-0.39, 0.29) is 0 Å². The highest BCUT2D eigenvalue weighted by Gasteiger charge is 2.19. The van der Waals surface area contributed by atoms with Gasteiger partial charge in [-0.15, -0.1) is 0 Å². The molecule has 3 rings (SSSR count). The average molecular weight is 306 g/mol. The van der Waals surface area contributed by atoms with Crippen LogP contribution in [0.15, 0.2) is 11.4 Å². The van der Waals surface area contributed by atoms with Crippen LogP contribution < -0.4 is 10.6 Å². The number of nitrogens with zero attached hydrogens (tertiary/aromatic N) is 5. The summed E-state index contributed by atoms with van der Waals surface area (Å²) in [7, 11) is 0. The zero-order valence-corrected chi connectivity index (χ0v) is 13.3. The lowest BCUT2D eigenvalue weighted by atomic mass is 10.1. The van der Waals surface area contributed by atoms with Gasteiger partial charge < -0.3 is 10.6 Å². The minimum Gasteiger partial charge on any atom is -0.356 e. The quantitative estimate of drug-likeness (QED) is 0.672. The van der Waals surface area contributed by atoms with E-state index in [1.54, 1.807) is 11.8 Å². The highest BCUT2D eigenvalue weighted by Crippen LogP contribution is 2.28. The SMILES string of the molecule is CCSc1nc(N2CCCCC2)c2cnn(CCN)c2n1. The van der Waals surface area contributed by atoms with Crippen molar-refractivity contribution >= 4 is 28.6 Å². The van der Waals surface area contributed by atoms with Crippen molar-refractivity contribution in [3.63, 3.8) is 0 Å². The molecule has 2 aromatic heterocycles. The topological polar surface area (TPSA) is 72.9 Å². The first kappa shape index (κ1) is 14.6. The number of nitrogens with two attached hydrogens (primary N) is 1. The van der Waals surface area contributed by atoms with Crippen LogP contribution in [0.2, 0.25) is 0 Å². The van der Waals surface area contributed by atoms with Crippen LogP contribution in [0.3, 0.4) is 0 Å². The summed E-state index contributed by atoms with van der Waals surface area (Å²) in [6, 6.07) is 0. The molecule has 2 N–H and O–H groups in total. The highest BCUT2D eigenvalue weighted by atomic mass is 32.2. The molecular weight excluding hydrogens is 284 g/mol. The third-order valence-electron chi connectivity index (χ3n) is 3.73. The van der Waals surface area contributed by atoms with Crippen LogP contribution in [-0.4, -0.2) is 45.1 Å². The molecule has 7 heteroatoms. The van der Waals surface area contributed by atoms with Crippen LogP contribution in [0.4, 0.5) is 5.82 Å². The molecule has 21 heavy (non-hydrogen) atoms. The summed E-state index contributed by atoms with van der Waals surface area (Å²) in [5.41, 5.74) is 6.58. The number of anilines is 1. The van der Waals surface area contributed by atoms with Gasteiger partial charge in [0.2, 0.25) is 0 Å². The lowest BCUT2D eigenvalue weighted by Gasteiger charge is -2.28. The maximum Gasteiger partial charge on any atom is 0.191 e. The van der Waals surface area contributed by atoms with Crippen molar-refractivity contribution in [1.82, 2.24) is 19.7 Å². The highest BCUT2D eigenvalue weighted by molar-refractivity contribution is 7.99. The first-order valence-electron chi connectivity index (χ1n) is 7.65. The molecule has 0 amide bonds. The molecule has 2 aromatic rings. The van der Waals surface area contributed by atoms with Gasteiger partial charge in [0.25, 0.3) is 0 Å². The summed E-state index contributed by atoms with van der Waals surface area (Å²) in [5.74, 6) is 2.01. The smallest absolute Gasteiger partial charge is 0.191 e. The van der Waals surface area contributed by atoms with Crippen LogP contribution in [0.5, 0.6) is 0 Å². The Labute approximate surface area is 129 Å². The molecule has 0 aliphatic carbocycles. The van der Waals surface area contributed by atoms with E-state index in [2.05, 4.69) is 21.9 Å². The van der Waals surface area contributed by atoms with E-state index in [9.17, 15) is 0 Å². The summed E-state index contributed by atoms with van der Waals surface area (Å²) >= 11 is 1.68. The van der Waals surface area contributed by atoms with Gasteiger partial charge in [-0.2, -0.15) is 5.10 Å². The minimum absolute atomic E-state index is 0.566. The molecule has 0 spiro atoms. The van der Waals surface area contributed by atoms with E-state index in [0.717, 1.165) is 40.9 Å². The van der Waals surface area contributed by atoms with Crippen molar-refractivity contribution in [2.24, 2.45) is 5.73 Å². The molecule has 0 radical (unpaired) electrons. The Morgan fingerprint density at radius 2 is 2.05 bits per heavy atom. The molecule has 3 heterocycles. The third-order valence-corrected chi connectivity index (χ3v) is 4.45. The zero-order valence-electron chi connectivity index (χ0n) is 12.5. The molecule has 0 bridgehead atoms. The molecule has 0 atom stereocenters. The molecule has 1 saturated heterocycles. The van der Waals surface area contributed by atoms with Gasteiger partial charge in [-0.3, -0.25) is 0 Å². The van der Waals surface area contributed by atoms with Gasteiger partial charge in [0.15, 0.2) is 10.8 Å². The predicted octanol–water partition coefficient (Wildman–Crippen LogP) is 1.89. The molecule has 0 saturated carbocycles. The molecule has 1 aliphatic rings. The first-order valence-corrected chi connectivity index (χ1v) is 8.63. The molecule has 0 unspecified atom stereocenters. The Hall–Kier alpha value is -1.34. The van der Waals surface area contributed by atoms with Crippen molar-refractivity contribution in [3.8, 4) is 0 Å². The summed E-state index contributed by atoms with van der Waals surface area (Å²) in [6.07, 6.45) is 5.67. The van der Waals surface area contributed by atoms with Crippen molar-refractivity contribution in [2.45, 2.75) is 37.9 Å². The van der Waals surface area contributed by atoms with Crippen LogP contribution >= 0.6 is 11.8 Å². The molecular formula is C14H22N6S. The van der Waals surface area contributed by atoms with Gasteiger partial charge >= 0.3 is 0 Å². The second kappa shape index (κ2) is 6.62. The van der Waals surface area contributed by atoms with E-state index in [1.807, 2.05) is 10.9 Å². The summed E-state index contributed by atoms with van der Waals surface area (Å²) in [5, 5.41) is 6.32. The maximum absolute atomic E-state index is 5.67. The molecule has 114 valence electrons. The zero-order chi connectivity index (χ0) is 14.7. The van der Waals surface area contributed by atoms with E-state index in [1.165, 1.54) is 19.3 Å². The second-order valence-corrected chi connectivity index (χ2v) is 6.44. The molecule has 1 fully saturated rings. The Bertz CT molecular complexity index is 605. The fourth-order valence-corrected chi connectivity index (χ4v) is 3.31. The normalized spacial score (nSPS) is 15.8. The number of thioether (sulfide) groups is 1. The van der Waals surface area contributed by atoms with Crippen LogP contribution in [0.1, 0.15) is 26.2 Å². The molecule has 6 nitrogen and oxygen atoms in total. The Kier molecular flexibility index (Phi) is 4.60. The van der Waals surface area contributed by atoms with E-state index >= 15 is 0 Å². The average Bonchev–Trinajstić information content (AvgIpc) is 2.91. The van der Waals surface area contributed by atoms with Crippen molar-refractivity contribution in [3.05, 3.63) is 6.20 Å². The fraction of sp³-hybridized carbons (Fsp3) is 0.643. The standard InChI is InChI=1S/C14H22N6S/c1-2-21-14-17-12(19-7-4-3-5-8-19)11-10-16-20(9-6-15)13(11)18-14/h10H,2-9,15H2,1H3. The van der Waals surface area contributed by atoms with Gasteiger partial charge in [0.05, 0.1) is 18.1 Å². The number of hydrogen-bond acceptors (Lipinski definition) is 6.